The number of nitrogens with two attached hydrogens (primary N) is 1. The molecule has 6 nitrogen and oxygen atoms in total. The average Bonchev–Trinajstić information content (AvgIpc) is 3.34. The van der Waals surface area contributed by atoms with Gasteiger partial charge in [0.25, 0.3) is 5.91 Å². The lowest BCUT2D eigenvalue weighted by Crippen LogP contribution is -2.38. The van der Waals surface area contributed by atoms with Crippen molar-refractivity contribution in [2.75, 3.05) is 26.2 Å². The molecule has 1 atom stereocenters. The van der Waals surface area contributed by atoms with Crippen molar-refractivity contribution in [3.05, 3.63) is 35.4 Å². The summed E-state index contributed by atoms with van der Waals surface area (Å²) in [6.07, 6.45) is 3.18. The summed E-state index contributed by atoms with van der Waals surface area (Å²) >= 11 is 0. The van der Waals surface area contributed by atoms with Gasteiger partial charge in [0.1, 0.15) is 0 Å². The summed E-state index contributed by atoms with van der Waals surface area (Å²) in [5.41, 5.74) is 7.52. The molecule has 2 aliphatic rings. The minimum atomic E-state index is -0.0335. The first-order chi connectivity index (χ1) is 12.0. The van der Waals surface area contributed by atoms with E-state index in [1.54, 1.807) is 6.07 Å². The summed E-state index contributed by atoms with van der Waals surface area (Å²) in [7, 11) is 0. The fraction of sp³-hybridized carbons (Fsp3) is 0.579. The molecule has 0 radical (unpaired) electrons. The number of benzene rings is 1. The Morgan fingerprint density at radius 2 is 2.16 bits per heavy atom. The molecule has 1 aromatic carbocycles. The first kappa shape index (κ1) is 17.9. The van der Waals surface area contributed by atoms with Crippen molar-refractivity contribution in [3.8, 4) is 0 Å². The van der Waals surface area contributed by atoms with Crippen molar-refractivity contribution in [2.45, 2.75) is 38.8 Å². The Kier molecular flexibility index (Phi) is 5.39. The molecule has 2 fully saturated rings. The molecule has 6 heteroatoms. The van der Waals surface area contributed by atoms with Crippen LogP contribution >= 0.6 is 0 Å². The van der Waals surface area contributed by atoms with Crippen molar-refractivity contribution in [3.63, 3.8) is 0 Å². The highest BCUT2D eigenvalue weighted by atomic mass is 16.2. The maximum Gasteiger partial charge on any atom is 0.251 e. The number of hydrogen-bond donors (Lipinski definition) is 3. The van der Waals surface area contributed by atoms with Crippen LogP contribution in [-0.4, -0.2) is 48.9 Å². The molecule has 0 spiro atoms. The molecule has 1 saturated heterocycles. The van der Waals surface area contributed by atoms with Gasteiger partial charge in [-0.05, 0) is 55.5 Å². The zero-order valence-electron chi connectivity index (χ0n) is 14.9. The largest absolute Gasteiger partial charge is 0.351 e. The number of carbonyl (C=O) groups is 2. The first-order valence-electron chi connectivity index (χ1n) is 9.06. The summed E-state index contributed by atoms with van der Waals surface area (Å²) in [6.45, 7) is 5.44. The fourth-order valence-corrected chi connectivity index (χ4v) is 3.21. The zero-order chi connectivity index (χ0) is 17.9. The lowest BCUT2D eigenvalue weighted by atomic mass is 9.90. The molecule has 1 aromatic rings. The third-order valence-electron chi connectivity index (χ3n) is 5.09. The van der Waals surface area contributed by atoms with Crippen molar-refractivity contribution in [2.24, 2.45) is 11.1 Å². The van der Waals surface area contributed by atoms with E-state index in [0.717, 1.165) is 37.9 Å². The van der Waals surface area contributed by atoms with E-state index in [4.69, 9.17) is 5.73 Å². The first-order valence-corrected chi connectivity index (χ1v) is 9.06. The molecule has 25 heavy (non-hydrogen) atoms. The highest BCUT2D eigenvalue weighted by molar-refractivity contribution is 5.94. The fourth-order valence-electron chi connectivity index (χ4n) is 3.21. The number of likely N-dealkylation sites (tertiary alicyclic amines) is 1. The third kappa shape index (κ3) is 5.03. The number of carbonyl (C=O) groups excluding carboxylic acids is 2. The van der Waals surface area contributed by atoms with Crippen LogP contribution in [-0.2, 0) is 11.3 Å². The van der Waals surface area contributed by atoms with Gasteiger partial charge >= 0.3 is 0 Å². The highest BCUT2D eigenvalue weighted by Crippen LogP contribution is 2.27. The smallest absolute Gasteiger partial charge is 0.251 e. The monoisotopic (exact) mass is 344 g/mol. The van der Waals surface area contributed by atoms with E-state index in [0.29, 0.717) is 31.2 Å². The maximum atomic E-state index is 12.2. The van der Waals surface area contributed by atoms with Gasteiger partial charge in [0.15, 0.2) is 0 Å². The quantitative estimate of drug-likeness (QED) is 0.685. The van der Waals surface area contributed by atoms with E-state index in [9.17, 15) is 9.59 Å². The van der Waals surface area contributed by atoms with Gasteiger partial charge in [-0.25, -0.2) is 0 Å². The van der Waals surface area contributed by atoms with Crippen LogP contribution in [0.3, 0.4) is 0 Å². The SMILES string of the molecule is CC1(CN)CCN(CC(=O)NCc2cccc(C(=O)NC3CC3)c2)C1. The number of hydrogen-bond acceptors (Lipinski definition) is 4. The molecule has 3 rings (SSSR count). The Bertz CT molecular complexity index is 644. The van der Waals surface area contributed by atoms with E-state index in [2.05, 4.69) is 22.5 Å². The van der Waals surface area contributed by atoms with E-state index in [1.807, 2.05) is 18.2 Å². The summed E-state index contributed by atoms with van der Waals surface area (Å²) in [5.74, 6) is -0.0251. The summed E-state index contributed by atoms with van der Waals surface area (Å²) < 4.78 is 0. The van der Waals surface area contributed by atoms with Crippen LogP contribution in [0.15, 0.2) is 24.3 Å². The summed E-state index contributed by atoms with van der Waals surface area (Å²) in [6, 6.07) is 7.78. The molecule has 1 aliphatic carbocycles. The van der Waals surface area contributed by atoms with Crippen LogP contribution < -0.4 is 16.4 Å². The van der Waals surface area contributed by atoms with E-state index < -0.39 is 0 Å². The normalized spacial score (nSPS) is 23.4. The van der Waals surface area contributed by atoms with Gasteiger partial charge in [0.2, 0.25) is 5.91 Å². The Labute approximate surface area is 149 Å². The molecule has 1 heterocycles. The molecule has 0 bridgehead atoms. The second-order valence-corrected chi connectivity index (χ2v) is 7.70. The molecule has 1 saturated carbocycles. The Morgan fingerprint density at radius 3 is 2.84 bits per heavy atom. The van der Waals surface area contributed by atoms with Gasteiger partial charge in [-0.15, -0.1) is 0 Å². The maximum absolute atomic E-state index is 12.2. The summed E-state index contributed by atoms with van der Waals surface area (Å²) in [5, 5.41) is 5.93. The molecular weight excluding hydrogens is 316 g/mol. The molecule has 0 aromatic heterocycles. The number of nitrogens with one attached hydrogen (secondary N) is 2. The molecular formula is C19H28N4O2. The van der Waals surface area contributed by atoms with Crippen molar-refractivity contribution in [1.82, 2.24) is 15.5 Å². The van der Waals surface area contributed by atoms with Gasteiger partial charge in [0.05, 0.1) is 6.54 Å². The van der Waals surface area contributed by atoms with Crippen molar-refractivity contribution in [1.29, 1.82) is 0 Å². The van der Waals surface area contributed by atoms with Crippen LogP contribution in [0, 0.1) is 5.41 Å². The van der Waals surface area contributed by atoms with Gasteiger partial charge < -0.3 is 16.4 Å². The number of nitrogens with zero attached hydrogens (tertiary/aromatic N) is 1. The lowest BCUT2D eigenvalue weighted by Gasteiger charge is -2.22. The summed E-state index contributed by atoms with van der Waals surface area (Å²) in [4.78, 5) is 26.4. The Morgan fingerprint density at radius 1 is 1.36 bits per heavy atom. The minimum absolute atomic E-state index is 0.00843. The van der Waals surface area contributed by atoms with E-state index in [1.165, 1.54) is 0 Å². The molecule has 2 amide bonds. The topological polar surface area (TPSA) is 87.5 Å². The van der Waals surface area contributed by atoms with Gasteiger partial charge in [-0.3, -0.25) is 14.5 Å². The van der Waals surface area contributed by atoms with Gasteiger partial charge in [-0.1, -0.05) is 19.1 Å². The Balaban J connectivity index is 1.46. The third-order valence-corrected chi connectivity index (χ3v) is 5.09. The zero-order valence-corrected chi connectivity index (χ0v) is 14.9. The van der Waals surface area contributed by atoms with Crippen LogP contribution in [0.1, 0.15) is 42.1 Å². The van der Waals surface area contributed by atoms with Crippen molar-refractivity contribution < 1.29 is 9.59 Å². The average molecular weight is 344 g/mol. The predicted octanol–water partition coefficient (Wildman–Crippen LogP) is 0.866. The van der Waals surface area contributed by atoms with Crippen LogP contribution in [0.25, 0.3) is 0 Å². The second kappa shape index (κ2) is 7.54. The number of rotatable bonds is 7. The minimum Gasteiger partial charge on any atom is -0.351 e. The highest BCUT2D eigenvalue weighted by Gasteiger charge is 2.33. The van der Waals surface area contributed by atoms with Gasteiger partial charge in [0, 0.05) is 24.7 Å². The van der Waals surface area contributed by atoms with Crippen LogP contribution in [0.4, 0.5) is 0 Å². The predicted molar refractivity (Wildman–Crippen MR) is 97.0 cm³/mol. The van der Waals surface area contributed by atoms with Gasteiger partial charge in [-0.2, -0.15) is 0 Å². The molecule has 1 aliphatic heterocycles. The Hall–Kier alpha value is -1.92. The van der Waals surface area contributed by atoms with Crippen LogP contribution in [0.5, 0.6) is 0 Å². The standard InChI is InChI=1S/C19H28N4O2/c1-19(12-20)7-8-23(13-19)11-17(24)21-10-14-3-2-4-15(9-14)18(25)22-16-5-6-16/h2-4,9,16H,5-8,10-13,20H2,1H3,(H,21,24)(H,22,25). The van der Waals surface area contributed by atoms with Crippen LogP contribution in [0.2, 0.25) is 0 Å². The molecule has 1 unspecified atom stereocenters. The molecule has 136 valence electrons. The van der Waals surface area contributed by atoms with E-state index >= 15 is 0 Å². The van der Waals surface area contributed by atoms with Crippen molar-refractivity contribution >= 4 is 11.8 Å². The van der Waals surface area contributed by atoms with E-state index in [-0.39, 0.29) is 17.2 Å². The lowest BCUT2D eigenvalue weighted by molar-refractivity contribution is -0.122. The molecule has 4 N–H and O–H groups in total. The number of amides is 2. The second-order valence-electron chi connectivity index (χ2n) is 7.70.